The average molecular weight is 236 g/mol. The molecule has 1 aromatic rings. The minimum absolute atomic E-state index is 0.160. The number of carbonyl (C=O) groups is 1. The van der Waals surface area contributed by atoms with Gasteiger partial charge in [-0.1, -0.05) is 12.2 Å². The molecule has 0 saturated heterocycles. The van der Waals surface area contributed by atoms with Crippen LogP contribution >= 0.6 is 0 Å². The van der Waals surface area contributed by atoms with E-state index < -0.39 is 5.97 Å². The van der Waals surface area contributed by atoms with Crippen LogP contribution in [0.25, 0.3) is 0 Å². The summed E-state index contributed by atoms with van der Waals surface area (Å²) in [4.78, 5) is 14.8. The Morgan fingerprint density at radius 1 is 1.65 bits per heavy atom. The molecule has 0 radical (unpaired) electrons. The van der Waals surface area contributed by atoms with Crippen LogP contribution in [0.5, 0.6) is 0 Å². The third-order valence-electron chi connectivity index (χ3n) is 1.93. The second-order valence-corrected chi connectivity index (χ2v) is 3.64. The normalized spacial score (nSPS) is 9.94. The highest BCUT2D eigenvalue weighted by molar-refractivity contribution is 5.92. The molecule has 2 N–H and O–H groups in total. The molecule has 0 aliphatic heterocycles. The molecule has 0 fully saturated rings. The lowest BCUT2D eigenvalue weighted by Crippen LogP contribution is -2.14. The van der Waals surface area contributed by atoms with Gasteiger partial charge in [0.05, 0.1) is 13.2 Å². The third kappa shape index (κ3) is 4.65. The Hall–Kier alpha value is -1.88. The summed E-state index contributed by atoms with van der Waals surface area (Å²) >= 11 is 0. The molecular formula is C12H16N2O3. The van der Waals surface area contributed by atoms with Crippen molar-refractivity contribution in [1.29, 1.82) is 0 Å². The summed E-state index contributed by atoms with van der Waals surface area (Å²) in [6, 6.07) is 3.10. The largest absolute Gasteiger partial charge is 0.478 e. The zero-order chi connectivity index (χ0) is 12.7. The van der Waals surface area contributed by atoms with Crippen LogP contribution in [-0.4, -0.2) is 35.8 Å². The summed E-state index contributed by atoms with van der Waals surface area (Å²) in [7, 11) is 0. The van der Waals surface area contributed by atoms with Crippen LogP contribution in [-0.2, 0) is 4.74 Å². The van der Waals surface area contributed by atoms with Crippen LogP contribution in [0.1, 0.15) is 17.3 Å². The van der Waals surface area contributed by atoms with Crippen molar-refractivity contribution in [1.82, 2.24) is 4.98 Å². The molecule has 0 aromatic carbocycles. The van der Waals surface area contributed by atoms with Gasteiger partial charge in [-0.2, -0.15) is 0 Å². The Morgan fingerprint density at radius 2 is 2.41 bits per heavy atom. The van der Waals surface area contributed by atoms with Crippen molar-refractivity contribution >= 4 is 11.8 Å². The van der Waals surface area contributed by atoms with Crippen molar-refractivity contribution in [3.63, 3.8) is 0 Å². The number of aromatic carboxylic acids is 1. The van der Waals surface area contributed by atoms with E-state index in [1.807, 2.05) is 6.92 Å². The van der Waals surface area contributed by atoms with Crippen LogP contribution in [0.4, 0.5) is 5.82 Å². The van der Waals surface area contributed by atoms with E-state index in [2.05, 4.69) is 16.9 Å². The predicted octanol–water partition coefficient (Wildman–Crippen LogP) is 1.78. The Bertz CT molecular complexity index is 404. The molecule has 0 saturated carbocycles. The van der Waals surface area contributed by atoms with E-state index in [4.69, 9.17) is 9.84 Å². The summed E-state index contributed by atoms with van der Waals surface area (Å²) in [5, 5.41) is 11.8. The van der Waals surface area contributed by atoms with Crippen LogP contribution in [0.3, 0.4) is 0 Å². The highest BCUT2D eigenvalue weighted by atomic mass is 16.5. The van der Waals surface area contributed by atoms with E-state index in [-0.39, 0.29) is 5.56 Å². The first-order valence-electron chi connectivity index (χ1n) is 5.25. The maximum absolute atomic E-state index is 10.9. The van der Waals surface area contributed by atoms with E-state index in [0.29, 0.717) is 25.6 Å². The van der Waals surface area contributed by atoms with Crippen molar-refractivity contribution in [3.8, 4) is 0 Å². The quantitative estimate of drug-likeness (QED) is 0.557. The zero-order valence-electron chi connectivity index (χ0n) is 9.77. The maximum Gasteiger partial charge on any atom is 0.339 e. The second kappa shape index (κ2) is 6.65. The fourth-order valence-electron chi connectivity index (χ4n) is 1.21. The lowest BCUT2D eigenvalue weighted by molar-refractivity contribution is 0.0697. The lowest BCUT2D eigenvalue weighted by atomic mass is 10.2. The number of rotatable bonds is 7. The molecule has 0 spiro atoms. The molecule has 17 heavy (non-hydrogen) atoms. The number of carboxylic acids is 1. The Balaban J connectivity index is 2.41. The third-order valence-corrected chi connectivity index (χ3v) is 1.93. The zero-order valence-corrected chi connectivity index (χ0v) is 9.77. The van der Waals surface area contributed by atoms with Gasteiger partial charge in [0.15, 0.2) is 0 Å². The number of aromatic nitrogens is 1. The summed E-state index contributed by atoms with van der Waals surface area (Å²) in [6.07, 6.45) is 1.55. The second-order valence-electron chi connectivity index (χ2n) is 3.64. The van der Waals surface area contributed by atoms with Crippen molar-refractivity contribution in [2.24, 2.45) is 0 Å². The molecule has 1 aromatic heterocycles. The fraction of sp³-hybridized carbons (Fsp3) is 0.333. The topological polar surface area (TPSA) is 71.5 Å². The number of hydrogen-bond donors (Lipinski definition) is 2. The van der Waals surface area contributed by atoms with Crippen molar-refractivity contribution < 1.29 is 14.6 Å². The summed E-state index contributed by atoms with van der Waals surface area (Å²) in [6.45, 7) is 7.09. The number of carboxylic acid groups (broad SMARTS) is 1. The number of hydrogen-bond acceptors (Lipinski definition) is 4. The van der Waals surface area contributed by atoms with Crippen molar-refractivity contribution in [2.45, 2.75) is 6.92 Å². The predicted molar refractivity (Wildman–Crippen MR) is 65.3 cm³/mol. The van der Waals surface area contributed by atoms with Gasteiger partial charge in [0.25, 0.3) is 0 Å². The number of nitrogens with one attached hydrogen (secondary N) is 1. The van der Waals surface area contributed by atoms with Gasteiger partial charge in [0.1, 0.15) is 11.4 Å². The molecule has 0 amide bonds. The first kappa shape index (κ1) is 13.2. The van der Waals surface area contributed by atoms with Crippen LogP contribution in [0, 0.1) is 0 Å². The number of ether oxygens (including phenoxy) is 1. The highest BCUT2D eigenvalue weighted by Gasteiger charge is 2.09. The minimum Gasteiger partial charge on any atom is -0.478 e. The van der Waals surface area contributed by atoms with E-state index in [1.54, 1.807) is 12.3 Å². The average Bonchev–Trinajstić information content (AvgIpc) is 2.28. The lowest BCUT2D eigenvalue weighted by Gasteiger charge is -2.08. The Labute approximate surface area is 100 Å². The smallest absolute Gasteiger partial charge is 0.339 e. The van der Waals surface area contributed by atoms with Crippen molar-refractivity contribution in [3.05, 3.63) is 36.0 Å². The van der Waals surface area contributed by atoms with Gasteiger partial charge in [-0.05, 0) is 19.1 Å². The van der Waals surface area contributed by atoms with Gasteiger partial charge in [0.2, 0.25) is 0 Å². The van der Waals surface area contributed by atoms with Gasteiger partial charge < -0.3 is 15.2 Å². The van der Waals surface area contributed by atoms with Crippen LogP contribution in [0.15, 0.2) is 30.5 Å². The van der Waals surface area contributed by atoms with Gasteiger partial charge >= 0.3 is 5.97 Å². The number of anilines is 1. The van der Waals surface area contributed by atoms with Crippen LogP contribution in [0.2, 0.25) is 0 Å². The molecule has 1 rings (SSSR count). The van der Waals surface area contributed by atoms with E-state index in [1.165, 1.54) is 6.07 Å². The Kier molecular flexibility index (Phi) is 5.16. The molecule has 5 heteroatoms. The summed E-state index contributed by atoms with van der Waals surface area (Å²) in [5.74, 6) is -0.637. The molecule has 92 valence electrons. The molecule has 0 aliphatic rings. The van der Waals surface area contributed by atoms with Gasteiger partial charge in [-0.3, -0.25) is 0 Å². The molecule has 0 atom stereocenters. The summed E-state index contributed by atoms with van der Waals surface area (Å²) in [5.41, 5.74) is 1.11. The molecule has 5 nitrogen and oxygen atoms in total. The molecule has 0 aliphatic carbocycles. The Morgan fingerprint density at radius 3 is 3.06 bits per heavy atom. The first-order chi connectivity index (χ1) is 8.11. The summed E-state index contributed by atoms with van der Waals surface area (Å²) < 4.78 is 5.28. The minimum atomic E-state index is -0.997. The molecular weight excluding hydrogens is 220 g/mol. The fourth-order valence-corrected chi connectivity index (χ4v) is 1.21. The highest BCUT2D eigenvalue weighted by Crippen LogP contribution is 2.10. The molecule has 0 unspecified atom stereocenters. The first-order valence-corrected chi connectivity index (χ1v) is 5.25. The van der Waals surface area contributed by atoms with Gasteiger partial charge in [-0.25, -0.2) is 9.78 Å². The van der Waals surface area contributed by atoms with Crippen molar-refractivity contribution in [2.75, 3.05) is 25.1 Å². The standard InChI is InChI=1S/C12H16N2O3/c1-9(2)8-17-7-6-14-11-10(12(15)16)4-3-5-13-11/h3-5H,1,6-8H2,2H3,(H,13,14)(H,15,16). The van der Waals surface area contributed by atoms with Gasteiger partial charge in [0, 0.05) is 12.7 Å². The SMILES string of the molecule is C=C(C)COCCNc1ncccc1C(=O)O. The van der Waals surface area contributed by atoms with E-state index in [9.17, 15) is 4.79 Å². The number of pyridine rings is 1. The van der Waals surface area contributed by atoms with Crippen LogP contribution < -0.4 is 5.32 Å². The van der Waals surface area contributed by atoms with Gasteiger partial charge in [-0.15, -0.1) is 0 Å². The van der Waals surface area contributed by atoms with E-state index >= 15 is 0 Å². The maximum atomic E-state index is 10.9. The molecule has 0 bridgehead atoms. The number of nitrogens with zero attached hydrogens (tertiary/aromatic N) is 1. The molecule has 1 heterocycles. The monoisotopic (exact) mass is 236 g/mol. The van der Waals surface area contributed by atoms with E-state index in [0.717, 1.165) is 5.57 Å².